The van der Waals surface area contributed by atoms with Crippen LogP contribution in [0.25, 0.3) is 10.8 Å². The van der Waals surface area contributed by atoms with Gasteiger partial charge in [0, 0.05) is 19.0 Å². The van der Waals surface area contributed by atoms with E-state index in [9.17, 15) is 19.1 Å². The summed E-state index contributed by atoms with van der Waals surface area (Å²) < 4.78 is 18.7. The number of amides is 2. The summed E-state index contributed by atoms with van der Waals surface area (Å²) >= 11 is 0. The zero-order chi connectivity index (χ0) is 23.7. The van der Waals surface area contributed by atoms with Crippen LogP contribution < -0.4 is 10.3 Å². The van der Waals surface area contributed by atoms with E-state index in [0.29, 0.717) is 22.6 Å². The van der Waals surface area contributed by atoms with Crippen molar-refractivity contribution in [3.05, 3.63) is 59.7 Å². The minimum Gasteiger partial charge on any atom is -0.391 e. The van der Waals surface area contributed by atoms with Gasteiger partial charge in [0.15, 0.2) is 5.75 Å². The Morgan fingerprint density at radius 3 is 2.64 bits per heavy atom. The fourth-order valence-electron chi connectivity index (χ4n) is 4.19. The van der Waals surface area contributed by atoms with E-state index < -0.39 is 24.0 Å². The molecule has 0 saturated carbocycles. The van der Waals surface area contributed by atoms with Crippen molar-refractivity contribution >= 4 is 22.6 Å². The van der Waals surface area contributed by atoms with Gasteiger partial charge in [-0.3, -0.25) is 9.59 Å². The molecular weight excluding hydrogens is 429 g/mol. The van der Waals surface area contributed by atoms with Gasteiger partial charge >= 0.3 is 0 Å². The number of nitrogens with zero attached hydrogens (tertiary/aromatic N) is 2. The van der Waals surface area contributed by atoms with E-state index in [-0.39, 0.29) is 30.6 Å². The summed E-state index contributed by atoms with van der Waals surface area (Å²) in [4.78, 5) is 33.1. The molecule has 2 N–H and O–H groups in total. The van der Waals surface area contributed by atoms with Crippen molar-refractivity contribution < 1.29 is 28.4 Å². The molecule has 9 heteroatoms. The summed E-state index contributed by atoms with van der Waals surface area (Å²) in [6.07, 6.45) is -0.734. The number of rotatable bonds is 6. The Morgan fingerprint density at radius 1 is 1.21 bits per heavy atom. The summed E-state index contributed by atoms with van der Waals surface area (Å²) in [7, 11) is 0. The van der Waals surface area contributed by atoms with Crippen molar-refractivity contribution in [2.24, 2.45) is 5.92 Å². The first-order chi connectivity index (χ1) is 15.7. The average molecular weight is 455 g/mol. The van der Waals surface area contributed by atoms with Crippen LogP contribution in [0, 0.1) is 18.7 Å². The zero-order valence-corrected chi connectivity index (χ0v) is 18.6. The maximum Gasteiger partial charge on any atom is 0.275 e. The van der Waals surface area contributed by atoms with Crippen LogP contribution in [0.2, 0.25) is 0 Å². The summed E-state index contributed by atoms with van der Waals surface area (Å²) in [5, 5.41) is 15.5. The number of hydrogen-bond donors (Lipinski definition) is 2. The van der Waals surface area contributed by atoms with Gasteiger partial charge in [-0.25, -0.2) is 4.39 Å². The molecule has 1 aliphatic heterocycles. The molecular formula is C24H26FN3O5. The van der Waals surface area contributed by atoms with Gasteiger partial charge in [0.25, 0.3) is 5.91 Å². The molecule has 1 unspecified atom stereocenters. The van der Waals surface area contributed by atoms with Crippen molar-refractivity contribution in [3.63, 3.8) is 0 Å². The van der Waals surface area contributed by atoms with Gasteiger partial charge in [-0.15, -0.1) is 0 Å². The van der Waals surface area contributed by atoms with Gasteiger partial charge in [-0.05, 0) is 47.9 Å². The molecule has 1 fully saturated rings. The summed E-state index contributed by atoms with van der Waals surface area (Å²) in [5.74, 6) is -1.15. The number of β-amino-alcohol motifs (C(OH)–C–C–N with tert-alkyl or cyclic N) is 1. The van der Waals surface area contributed by atoms with Crippen molar-refractivity contribution in [3.8, 4) is 5.75 Å². The highest BCUT2D eigenvalue weighted by molar-refractivity contribution is 5.91. The molecule has 0 spiro atoms. The van der Waals surface area contributed by atoms with Crippen LogP contribution in [0.3, 0.4) is 0 Å². The minimum atomic E-state index is -0.896. The molecule has 3 aromatic rings. The number of nitrogens with one attached hydrogen (secondary N) is 1. The first kappa shape index (κ1) is 22.7. The fraction of sp³-hybridized carbons (Fsp3) is 0.375. The molecule has 8 nitrogen and oxygen atoms in total. The predicted octanol–water partition coefficient (Wildman–Crippen LogP) is 3.09. The monoisotopic (exact) mass is 455 g/mol. The van der Waals surface area contributed by atoms with E-state index in [1.54, 1.807) is 37.3 Å². The van der Waals surface area contributed by atoms with E-state index in [2.05, 4.69) is 10.6 Å². The number of carbonyl (C=O) groups is 2. The van der Waals surface area contributed by atoms with Crippen LogP contribution in [0.15, 0.2) is 47.0 Å². The second-order valence-electron chi connectivity index (χ2n) is 8.71. The van der Waals surface area contributed by atoms with Gasteiger partial charge < -0.3 is 19.4 Å². The molecule has 2 heterocycles. The fourth-order valence-corrected chi connectivity index (χ4v) is 4.19. The van der Waals surface area contributed by atoms with Crippen LogP contribution in [0.5, 0.6) is 5.75 Å². The minimum absolute atomic E-state index is 0.0365. The third-order valence-corrected chi connectivity index (χ3v) is 5.79. The molecule has 0 aliphatic carbocycles. The van der Waals surface area contributed by atoms with E-state index in [4.69, 9.17) is 9.36 Å². The van der Waals surface area contributed by atoms with Gasteiger partial charge in [0.2, 0.25) is 5.91 Å². The number of aliphatic hydroxyl groups is 1. The summed E-state index contributed by atoms with van der Waals surface area (Å²) in [6.45, 7) is 5.58. The van der Waals surface area contributed by atoms with Crippen LogP contribution in [-0.4, -0.2) is 45.7 Å². The summed E-state index contributed by atoms with van der Waals surface area (Å²) in [5.41, 5.74) is 3.04. The molecule has 174 valence electrons. The van der Waals surface area contributed by atoms with Gasteiger partial charge in [-0.1, -0.05) is 31.1 Å². The lowest BCUT2D eigenvalue weighted by Crippen LogP contribution is -2.48. The number of carbonyl (C=O) groups excluding carboxylic acids is 2. The standard InChI is InChI=1S/C24H26FN3O5/c1-13(2)22(21-8-14(3)26-33-21)24(31)28-12-18(29)11-20(28)23(30)27-32-19-7-5-15-9-17(25)6-4-16(15)10-19/h4-10,13,18,20,22,29H,11-12H2,1-3H3,(H,27,30)/t18-,20+,22?/m1/s1. The van der Waals surface area contributed by atoms with Crippen LogP contribution in [0.1, 0.15) is 37.6 Å². The Kier molecular flexibility index (Phi) is 6.33. The smallest absolute Gasteiger partial charge is 0.275 e. The van der Waals surface area contributed by atoms with Gasteiger partial charge in [-0.2, -0.15) is 5.48 Å². The number of hydrogen-bond acceptors (Lipinski definition) is 6. The highest BCUT2D eigenvalue weighted by Gasteiger charge is 2.43. The molecule has 0 radical (unpaired) electrons. The summed E-state index contributed by atoms with van der Waals surface area (Å²) in [6, 6.07) is 10.1. The number of aromatic nitrogens is 1. The van der Waals surface area contributed by atoms with E-state index in [1.165, 1.54) is 17.0 Å². The maximum atomic E-state index is 13.4. The Hall–Kier alpha value is -3.46. The molecule has 1 saturated heterocycles. The zero-order valence-electron chi connectivity index (χ0n) is 18.6. The second-order valence-corrected chi connectivity index (χ2v) is 8.71. The van der Waals surface area contributed by atoms with E-state index >= 15 is 0 Å². The third kappa shape index (κ3) is 4.83. The molecule has 2 amide bonds. The third-order valence-electron chi connectivity index (χ3n) is 5.79. The Morgan fingerprint density at radius 2 is 1.94 bits per heavy atom. The van der Waals surface area contributed by atoms with Gasteiger partial charge in [0.1, 0.15) is 23.5 Å². The number of benzene rings is 2. The van der Waals surface area contributed by atoms with Gasteiger partial charge in [0.05, 0.1) is 11.8 Å². The quantitative estimate of drug-likeness (QED) is 0.554. The number of halogens is 1. The lowest BCUT2D eigenvalue weighted by Gasteiger charge is -2.28. The normalized spacial score (nSPS) is 19.2. The molecule has 4 rings (SSSR count). The molecule has 0 bridgehead atoms. The molecule has 3 atom stereocenters. The van der Waals surface area contributed by atoms with Crippen molar-refractivity contribution in [1.82, 2.24) is 15.5 Å². The van der Waals surface area contributed by atoms with Crippen molar-refractivity contribution in [1.29, 1.82) is 0 Å². The first-order valence-electron chi connectivity index (χ1n) is 10.8. The second kappa shape index (κ2) is 9.19. The largest absolute Gasteiger partial charge is 0.391 e. The van der Waals surface area contributed by atoms with E-state index in [0.717, 1.165) is 5.39 Å². The molecule has 33 heavy (non-hydrogen) atoms. The first-order valence-corrected chi connectivity index (χ1v) is 10.8. The Balaban J connectivity index is 1.48. The lowest BCUT2D eigenvalue weighted by atomic mass is 9.91. The predicted molar refractivity (Wildman–Crippen MR) is 118 cm³/mol. The van der Waals surface area contributed by atoms with Crippen LogP contribution >= 0.6 is 0 Å². The Labute approximate surface area is 190 Å². The number of likely N-dealkylation sites (tertiary alicyclic amines) is 1. The highest BCUT2D eigenvalue weighted by atomic mass is 19.1. The molecule has 2 aromatic carbocycles. The van der Waals surface area contributed by atoms with Crippen molar-refractivity contribution in [2.45, 2.75) is 45.3 Å². The number of hydroxylamine groups is 1. The van der Waals surface area contributed by atoms with Crippen LogP contribution in [0.4, 0.5) is 4.39 Å². The number of aliphatic hydroxyl groups excluding tert-OH is 1. The topological polar surface area (TPSA) is 105 Å². The molecule has 1 aliphatic rings. The SMILES string of the molecule is Cc1cc(C(C(=O)N2C[C@H](O)C[C@H]2C(=O)NOc2ccc3cc(F)ccc3c2)C(C)C)on1. The van der Waals surface area contributed by atoms with Crippen molar-refractivity contribution in [2.75, 3.05) is 6.54 Å². The average Bonchev–Trinajstić information content (AvgIpc) is 3.37. The number of aryl methyl sites for hydroxylation is 1. The maximum absolute atomic E-state index is 13.4. The highest BCUT2D eigenvalue weighted by Crippen LogP contribution is 2.31. The Bertz CT molecular complexity index is 1180. The van der Waals surface area contributed by atoms with E-state index in [1.807, 2.05) is 13.8 Å². The van der Waals surface area contributed by atoms with Crippen LogP contribution in [-0.2, 0) is 9.59 Å². The lowest BCUT2D eigenvalue weighted by molar-refractivity contribution is -0.143. The number of fused-ring (bicyclic) bond motifs is 1. The molecule has 1 aromatic heterocycles.